The largest absolute Gasteiger partial charge is 0.338 e. The number of halogens is 1. The van der Waals surface area contributed by atoms with Crippen LogP contribution >= 0.6 is 11.6 Å². The van der Waals surface area contributed by atoms with Gasteiger partial charge in [-0.3, -0.25) is 4.79 Å². The summed E-state index contributed by atoms with van der Waals surface area (Å²) in [6.45, 7) is 5.63. The molecule has 2 aliphatic rings. The zero-order valence-corrected chi connectivity index (χ0v) is 12.7. The number of amides is 1. The molecule has 3 rings (SSSR count). The Kier molecular flexibility index (Phi) is 3.74. The average molecular weight is 293 g/mol. The molecule has 2 saturated heterocycles. The van der Waals surface area contributed by atoms with E-state index in [2.05, 4.69) is 11.4 Å². The van der Waals surface area contributed by atoms with Gasteiger partial charge in [-0.2, -0.15) is 0 Å². The molecule has 20 heavy (non-hydrogen) atoms. The predicted octanol–water partition coefficient (Wildman–Crippen LogP) is 2.75. The predicted molar refractivity (Wildman–Crippen MR) is 80.8 cm³/mol. The fraction of sp³-hybridized carbons (Fsp3) is 0.562. The standard InChI is InChI=1S/C16H21ClN2O/c1-12-2-3-13(14(17)8-12)10-19-11-16(9-15(19)20)4-6-18-7-5-16/h2-3,8,18H,4-7,9-11H2,1H3. The molecule has 0 atom stereocenters. The number of benzene rings is 1. The second-order valence-corrected chi connectivity index (χ2v) is 6.68. The van der Waals surface area contributed by atoms with Crippen LogP contribution in [0, 0.1) is 12.3 Å². The minimum Gasteiger partial charge on any atom is -0.338 e. The molecule has 0 bridgehead atoms. The maximum absolute atomic E-state index is 12.3. The summed E-state index contributed by atoms with van der Waals surface area (Å²) in [5.74, 6) is 0.281. The van der Waals surface area contributed by atoms with Gasteiger partial charge in [0.25, 0.3) is 0 Å². The van der Waals surface area contributed by atoms with Crippen LogP contribution in [0.15, 0.2) is 18.2 Å². The van der Waals surface area contributed by atoms with E-state index in [4.69, 9.17) is 11.6 Å². The molecule has 1 aromatic rings. The highest BCUT2D eigenvalue weighted by atomic mass is 35.5. The molecule has 0 unspecified atom stereocenters. The van der Waals surface area contributed by atoms with Crippen molar-refractivity contribution in [1.29, 1.82) is 0 Å². The number of hydrogen-bond donors (Lipinski definition) is 1. The highest BCUT2D eigenvalue weighted by molar-refractivity contribution is 6.31. The Morgan fingerprint density at radius 2 is 2.10 bits per heavy atom. The fourth-order valence-corrected chi connectivity index (χ4v) is 3.70. The Bertz CT molecular complexity index is 523. The number of hydrogen-bond acceptors (Lipinski definition) is 2. The highest BCUT2D eigenvalue weighted by Gasteiger charge is 2.43. The van der Waals surface area contributed by atoms with Crippen LogP contribution in [0.5, 0.6) is 0 Å². The van der Waals surface area contributed by atoms with Gasteiger partial charge in [0, 0.05) is 24.5 Å². The van der Waals surface area contributed by atoms with E-state index in [9.17, 15) is 4.79 Å². The highest BCUT2D eigenvalue weighted by Crippen LogP contribution is 2.40. The number of rotatable bonds is 2. The third-order valence-corrected chi connectivity index (χ3v) is 4.99. The molecule has 2 aliphatic heterocycles. The number of carbonyl (C=O) groups is 1. The number of carbonyl (C=O) groups excluding carboxylic acids is 1. The molecule has 4 heteroatoms. The summed E-state index contributed by atoms with van der Waals surface area (Å²) in [6, 6.07) is 6.07. The zero-order valence-electron chi connectivity index (χ0n) is 11.9. The Labute approximate surface area is 125 Å². The summed E-state index contributed by atoms with van der Waals surface area (Å²) < 4.78 is 0. The summed E-state index contributed by atoms with van der Waals surface area (Å²) >= 11 is 6.28. The molecule has 1 aromatic carbocycles. The molecule has 2 heterocycles. The molecule has 1 N–H and O–H groups in total. The number of aryl methyl sites for hydroxylation is 1. The monoisotopic (exact) mass is 292 g/mol. The van der Waals surface area contributed by atoms with Crippen molar-refractivity contribution in [3.05, 3.63) is 34.3 Å². The van der Waals surface area contributed by atoms with E-state index in [1.54, 1.807) is 0 Å². The van der Waals surface area contributed by atoms with Crippen LogP contribution in [0.3, 0.4) is 0 Å². The molecule has 1 spiro atoms. The molecular weight excluding hydrogens is 272 g/mol. The van der Waals surface area contributed by atoms with Crippen molar-refractivity contribution in [1.82, 2.24) is 10.2 Å². The molecular formula is C16H21ClN2O. The van der Waals surface area contributed by atoms with Gasteiger partial charge in [-0.25, -0.2) is 0 Å². The first kappa shape index (κ1) is 13.9. The zero-order chi connectivity index (χ0) is 14.2. The van der Waals surface area contributed by atoms with Gasteiger partial charge in [-0.15, -0.1) is 0 Å². The quantitative estimate of drug-likeness (QED) is 0.909. The Morgan fingerprint density at radius 3 is 2.80 bits per heavy atom. The SMILES string of the molecule is Cc1ccc(CN2CC3(CCNCC3)CC2=O)c(Cl)c1. The van der Waals surface area contributed by atoms with E-state index in [1.165, 1.54) is 0 Å². The van der Waals surface area contributed by atoms with Crippen LogP contribution in [0.2, 0.25) is 5.02 Å². The molecule has 2 fully saturated rings. The lowest BCUT2D eigenvalue weighted by atomic mass is 9.78. The van der Waals surface area contributed by atoms with Crippen molar-refractivity contribution >= 4 is 17.5 Å². The van der Waals surface area contributed by atoms with Crippen LogP contribution in [0.4, 0.5) is 0 Å². The Balaban J connectivity index is 1.73. The van der Waals surface area contributed by atoms with Gasteiger partial charge < -0.3 is 10.2 Å². The van der Waals surface area contributed by atoms with E-state index < -0.39 is 0 Å². The van der Waals surface area contributed by atoms with Gasteiger partial charge in [0.1, 0.15) is 0 Å². The third-order valence-electron chi connectivity index (χ3n) is 4.64. The second kappa shape index (κ2) is 5.38. The maximum Gasteiger partial charge on any atom is 0.223 e. The average Bonchev–Trinajstić information content (AvgIpc) is 2.70. The summed E-state index contributed by atoms with van der Waals surface area (Å²) in [5, 5.41) is 4.15. The van der Waals surface area contributed by atoms with Gasteiger partial charge in [-0.05, 0) is 55.5 Å². The van der Waals surface area contributed by atoms with Gasteiger partial charge in [0.05, 0.1) is 0 Å². The van der Waals surface area contributed by atoms with E-state index >= 15 is 0 Å². The summed E-state index contributed by atoms with van der Waals surface area (Å²) in [4.78, 5) is 14.3. The van der Waals surface area contributed by atoms with Gasteiger partial charge in [0.2, 0.25) is 5.91 Å². The number of nitrogens with one attached hydrogen (secondary N) is 1. The molecule has 0 aliphatic carbocycles. The number of nitrogens with zero attached hydrogens (tertiary/aromatic N) is 1. The van der Waals surface area contributed by atoms with Crippen molar-refractivity contribution in [2.75, 3.05) is 19.6 Å². The van der Waals surface area contributed by atoms with Crippen LogP contribution < -0.4 is 5.32 Å². The van der Waals surface area contributed by atoms with Crippen molar-refractivity contribution in [3.8, 4) is 0 Å². The first-order valence-electron chi connectivity index (χ1n) is 7.32. The smallest absolute Gasteiger partial charge is 0.223 e. The van der Waals surface area contributed by atoms with Crippen LogP contribution in [0.1, 0.15) is 30.4 Å². The topological polar surface area (TPSA) is 32.3 Å². The van der Waals surface area contributed by atoms with Crippen LogP contribution in [0.25, 0.3) is 0 Å². The minimum atomic E-state index is 0.208. The number of likely N-dealkylation sites (tertiary alicyclic amines) is 1. The van der Waals surface area contributed by atoms with Crippen LogP contribution in [-0.4, -0.2) is 30.4 Å². The Morgan fingerprint density at radius 1 is 1.35 bits per heavy atom. The van der Waals surface area contributed by atoms with E-state index in [1.807, 2.05) is 24.0 Å². The first-order chi connectivity index (χ1) is 9.58. The molecule has 1 amide bonds. The van der Waals surface area contributed by atoms with E-state index in [0.717, 1.165) is 48.6 Å². The van der Waals surface area contributed by atoms with E-state index in [0.29, 0.717) is 13.0 Å². The molecule has 108 valence electrons. The third kappa shape index (κ3) is 2.70. The maximum atomic E-state index is 12.3. The molecule has 3 nitrogen and oxygen atoms in total. The van der Waals surface area contributed by atoms with Crippen molar-refractivity contribution < 1.29 is 4.79 Å². The number of piperidine rings is 1. The summed E-state index contributed by atoms with van der Waals surface area (Å²) in [7, 11) is 0. The molecule has 0 aromatic heterocycles. The lowest BCUT2D eigenvalue weighted by molar-refractivity contribution is -0.128. The van der Waals surface area contributed by atoms with E-state index in [-0.39, 0.29) is 11.3 Å². The first-order valence-corrected chi connectivity index (χ1v) is 7.69. The summed E-state index contributed by atoms with van der Waals surface area (Å²) in [6.07, 6.45) is 2.92. The van der Waals surface area contributed by atoms with Crippen LogP contribution in [-0.2, 0) is 11.3 Å². The second-order valence-electron chi connectivity index (χ2n) is 6.27. The Hall–Kier alpha value is -1.06. The minimum absolute atomic E-state index is 0.208. The lowest BCUT2D eigenvalue weighted by Gasteiger charge is -2.33. The normalized spacial score (nSPS) is 21.7. The van der Waals surface area contributed by atoms with Crippen molar-refractivity contribution in [2.45, 2.75) is 32.7 Å². The van der Waals surface area contributed by atoms with Gasteiger partial charge in [-0.1, -0.05) is 23.7 Å². The van der Waals surface area contributed by atoms with Gasteiger partial charge in [0.15, 0.2) is 0 Å². The molecule has 0 saturated carbocycles. The lowest BCUT2D eigenvalue weighted by Crippen LogP contribution is -2.38. The fourth-order valence-electron chi connectivity index (χ4n) is 3.40. The van der Waals surface area contributed by atoms with Crippen molar-refractivity contribution in [2.24, 2.45) is 5.41 Å². The van der Waals surface area contributed by atoms with Crippen molar-refractivity contribution in [3.63, 3.8) is 0 Å². The summed E-state index contributed by atoms with van der Waals surface area (Å²) in [5.41, 5.74) is 2.41. The molecule has 0 radical (unpaired) electrons. The van der Waals surface area contributed by atoms with Gasteiger partial charge >= 0.3 is 0 Å².